The van der Waals surface area contributed by atoms with Gasteiger partial charge in [-0.3, -0.25) is 4.79 Å². The average Bonchev–Trinajstić information content (AvgIpc) is 2.72. The molecule has 0 bridgehead atoms. The Bertz CT molecular complexity index is 840. The second-order valence-corrected chi connectivity index (χ2v) is 10.7. The van der Waals surface area contributed by atoms with E-state index < -0.39 is 10.0 Å². The van der Waals surface area contributed by atoms with Gasteiger partial charge in [-0.1, -0.05) is 25.1 Å². The van der Waals surface area contributed by atoms with E-state index in [9.17, 15) is 17.6 Å². The number of sulfonamides is 1. The SMILES string of the molecule is CCCC(=O)N1CCC[C@@H](NS(C)(=O)=O)[C@@H]1COC1CCC(c2ccccc2F)CC1. The molecule has 1 aliphatic heterocycles. The third-order valence-corrected chi connectivity index (χ3v) is 7.18. The lowest BCUT2D eigenvalue weighted by Crippen LogP contribution is -2.59. The zero-order valence-electron chi connectivity index (χ0n) is 18.6. The van der Waals surface area contributed by atoms with E-state index in [1.807, 2.05) is 19.1 Å². The standard InChI is InChI=1S/C23H35FN2O4S/c1-3-7-23(27)26-15-6-10-21(25-31(2,28)29)22(26)16-30-18-13-11-17(12-14-18)19-8-4-5-9-20(19)24/h4-5,8-9,17-18,21-22,25H,3,6-7,10-16H2,1-2H3/t17?,18?,21-,22+/m1/s1. The number of amides is 1. The van der Waals surface area contributed by atoms with Crippen LogP contribution < -0.4 is 4.72 Å². The van der Waals surface area contributed by atoms with Crippen molar-refractivity contribution in [2.24, 2.45) is 0 Å². The molecule has 2 atom stereocenters. The van der Waals surface area contributed by atoms with Crippen molar-refractivity contribution in [3.05, 3.63) is 35.6 Å². The van der Waals surface area contributed by atoms with E-state index in [4.69, 9.17) is 4.74 Å². The summed E-state index contributed by atoms with van der Waals surface area (Å²) in [5.74, 6) is 0.117. The van der Waals surface area contributed by atoms with Crippen molar-refractivity contribution < 1.29 is 22.3 Å². The van der Waals surface area contributed by atoms with Gasteiger partial charge >= 0.3 is 0 Å². The van der Waals surface area contributed by atoms with Gasteiger partial charge in [0.2, 0.25) is 15.9 Å². The highest BCUT2D eigenvalue weighted by molar-refractivity contribution is 7.88. The van der Waals surface area contributed by atoms with Gasteiger partial charge in [0, 0.05) is 19.0 Å². The van der Waals surface area contributed by atoms with Crippen LogP contribution in [0.25, 0.3) is 0 Å². The lowest BCUT2D eigenvalue weighted by molar-refractivity contribution is -0.138. The number of hydrogen-bond acceptors (Lipinski definition) is 4. The molecule has 1 aliphatic carbocycles. The number of likely N-dealkylation sites (tertiary alicyclic amines) is 1. The Kier molecular flexibility index (Phi) is 8.47. The highest BCUT2D eigenvalue weighted by Crippen LogP contribution is 2.35. The molecule has 3 rings (SSSR count). The number of benzene rings is 1. The third-order valence-electron chi connectivity index (χ3n) is 6.45. The largest absolute Gasteiger partial charge is 0.376 e. The molecule has 1 heterocycles. The molecule has 1 amide bonds. The summed E-state index contributed by atoms with van der Waals surface area (Å²) in [5, 5.41) is 0. The second kappa shape index (κ2) is 10.9. The zero-order chi connectivity index (χ0) is 22.4. The molecule has 6 nitrogen and oxygen atoms in total. The van der Waals surface area contributed by atoms with Crippen molar-refractivity contribution in [2.45, 2.75) is 82.4 Å². The summed E-state index contributed by atoms with van der Waals surface area (Å²) in [6, 6.07) is 6.33. The fraction of sp³-hybridized carbons (Fsp3) is 0.696. The number of piperidine rings is 1. The predicted molar refractivity (Wildman–Crippen MR) is 119 cm³/mol. The molecule has 8 heteroatoms. The molecule has 174 valence electrons. The van der Waals surface area contributed by atoms with E-state index in [0.717, 1.165) is 50.3 Å². The third kappa shape index (κ3) is 6.73. The predicted octanol–water partition coefficient (Wildman–Crippen LogP) is 3.58. The summed E-state index contributed by atoms with van der Waals surface area (Å²) in [6.45, 7) is 2.92. The Morgan fingerprint density at radius 1 is 1.19 bits per heavy atom. The highest BCUT2D eigenvalue weighted by atomic mass is 32.2. The lowest BCUT2D eigenvalue weighted by Gasteiger charge is -2.42. The van der Waals surface area contributed by atoms with Gasteiger partial charge in [0.15, 0.2) is 0 Å². The van der Waals surface area contributed by atoms with E-state index in [-0.39, 0.29) is 35.8 Å². The number of ether oxygens (including phenoxy) is 1. The molecule has 0 spiro atoms. The second-order valence-electron chi connectivity index (χ2n) is 8.87. The molecule has 0 aromatic heterocycles. The van der Waals surface area contributed by atoms with Gasteiger partial charge < -0.3 is 9.64 Å². The molecule has 1 saturated carbocycles. The van der Waals surface area contributed by atoms with Gasteiger partial charge in [-0.15, -0.1) is 0 Å². The fourth-order valence-corrected chi connectivity index (χ4v) is 5.75. The van der Waals surface area contributed by atoms with Crippen LogP contribution in [0.15, 0.2) is 24.3 Å². The number of nitrogens with zero attached hydrogens (tertiary/aromatic N) is 1. The minimum Gasteiger partial charge on any atom is -0.376 e. The number of hydrogen-bond donors (Lipinski definition) is 1. The molecule has 0 unspecified atom stereocenters. The van der Waals surface area contributed by atoms with Crippen LogP contribution in [0.2, 0.25) is 0 Å². The van der Waals surface area contributed by atoms with Gasteiger partial charge in [-0.25, -0.2) is 17.5 Å². The molecule has 1 aromatic rings. The molecule has 31 heavy (non-hydrogen) atoms. The normalized spacial score (nSPS) is 27.3. The van der Waals surface area contributed by atoms with Crippen LogP contribution >= 0.6 is 0 Å². The molecular formula is C23H35FN2O4S. The fourth-order valence-electron chi connectivity index (χ4n) is 4.92. The Hall–Kier alpha value is -1.51. The minimum atomic E-state index is -3.38. The van der Waals surface area contributed by atoms with Crippen LogP contribution in [0.1, 0.15) is 69.8 Å². The van der Waals surface area contributed by atoms with Crippen LogP contribution in [-0.4, -0.2) is 56.8 Å². The molecular weight excluding hydrogens is 419 g/mol. The monoisotopic (exact) mass is 454 g/mol. The minimum absolute atomic E-state index is 0.0481. The smallest absolute Gasteiger partial charge is 0.222 e. The van der Waals surface area contributed by atoms with Crippen LogP contribution in [0.3, 0.4) is 0 Å². The zero-order valence-corrected chi connectivity index (χ0v) is 19.4. The topological polar surface area (TPSA) is 75.7 Å². The van der Waals surface area contributed by atoms with Crippen LogP contribution in [0, 0.1) is 5.82 Å². The number of rotatable bonds is 8. The molecule has 1 aromatic carbocycles. The van der Waals surface area contributed by atoms with E-state index in [1.165, 1.54) is 6.07 Å². The van der Waals surface area contributed by atoms with Crippen molar-refractivity contribution in [1.82, 2.24) is 9.62 Å². The first-order chi connectivity index (χ1) is 14.8. The number of carbonyl (C=O) groups is 1. The van der Waals surface area contributed by atoms with Gasteiger partial charge in [0.25, 0.3) is 0 Å². The maximum absolute atomic E-state index is 14.1. The van der Waals surface area contributed by atoms with Crippen molar-refractivity contribution in [3.63, 3.8) is 0 Å². The number of carbonyl (C=O) groups excluding carboxylic acids is 1. The maximum atomic E-state index is 14.1. The first kappa shape index (κ1) is 24.1. The summed E-state index contributed by atoms with van der Waals surface area (Å²) in [5.41, 5.74) is 0.780. The average molecular weight is 455 g/mol. The van der Waals surface area contributed by atoms with Gasteiger partial charge in [-0.05, 0) is 62.5 Å². The molecule has 1 saturated heterocycles. The van der Waals surface area contributed by atoms with Crippen molar-refractivity contribution >= 4 is 15.9 Å². The quantitative estimate of drug-likeness (QED) is 0.652. The number of halogens is 1. The van der Waals surface area contributed by atoms with Gasteiger partial charge in [0.05, 0.1) is 25.0 Å². The van der Waals surface area contributed by atoms with Crippen LogP contribution in [0.5, 0.6) is 0 Å². The summed E-state index contributed by atoms with van der Waals surface area (Å²) in [7, 11) is -3.38. The lowest BCUT2D eigenvalue weighted by atomic mass is 9.82. The Morgan fingerprint density at radius 3 is 2.55 bits per heavy atom. The Labute approximate surface area is 185 Å². The van der Waals surface area contributed by atoms with Gasteiger partial charge in [0.1, 0.15) is 5.82 Å². The first-order valence-corrected chi connectivity index (χ1v) is 13.3. The number of nitrogens with one attached hydrogen (secondary N) is 1. The van der Waals surface area contributed by atoms with E-state index in [1.54, 1.807) is 11.0 Å². The Balaban J connectivity index is 1.61. The Morgan fingerprint density at radius 2 is 1.90 bits per heavy atom. The van der Waals surface area contributed by atoms with Crippen molar-refractivity contribution in [3.8, 4) is 0 Å². The summed E-state index contributed by atoms with van der Waals surface area (Å²) in [6.07, 6.45) is 7.26. The maximum Gasteiger partial charge on any atom is 0.222 e. The summed E-state index contributed by atoms with van der Waals surface area (Å²) < 4.78 is 46.8. The van der Waals surface area contributed by atoms with E-state index >= 15 is 0 Å². The summed E-state index contributed by atoms with van der Waals surface area (Å²) >= 11 is 0. The van der Waals surface area contributed by atoms with E-state index in [2.05, 4.69) is 4.72 Å². The first-order valence-electron chi connectivity index (χ1n) is 11.4. The summed E-state index contributed by atoms with van der Waals surface area (Å²) in [4.78, 5) is 14.5. The van der Waals surface area contributed by atoms with Crippen molar-refractivity contribution in [2.75, 3.05) is 19.4 Å². The molecule has 1 N–H and O–H groups in total. The van der Waals surface area contributed by atoms with Crippen LogP contribution in [0.4, 0.5) is 4.39 Å². The molecule has 2 fully saturated rings. The van der Waals surface area contributed by atoms with E-state index in [0.29, 0.717) is 26.0 Å². The highest BCUT2D eigenvalue weighted by Gasteiger charge is 2.36. The van der Waals surface area contributed by atoms with Crippen molar-refractivity contribution in [1.29, 1.82) is 0 Å². The molecule has 0 radical (unpaired) electrons. The van der Waals surface area contributed by atoms with Crippen LogP contribution in [-0.2, 0) is 19.6 Å². The molecule has 2 aliphatic rings. The van der Waals surface area contributed by atoms with Gasteiger partial charge in [-0.2, -0.15) is 0 Å².